The second-order valence-electron chi connectivity index (χ2n) is 5.08. The fraction of sp³-hybridized carbons (Fsp3) is 0.533. The van der Waals surface area contributed by atoms with Crippen LogP contribution in [0.25, 0.3) is 0 Å². The maximum Gasteiger partial charge on any atom is 0.169 e. The number of benzene rings is 1. The van der Waals surface area contributed by atoms with Crippen LogP contribution < -0.4 is 4.74 Å². The summed E-state index contributed by atoms with van der Waals surface area (Å²) in [6.45, 7) is 6.08. The molecule has 2 nitrogen and oxygen atoms in total. The summed E-state index contributed by atoms with van der Waals surface area (Å²) in [6.07, 6.45) is 2.39. The van der Waals surface area contributed by atoms with Gasteiger partial charge in [0.05, 0.1) is 12.7 Å². The van der Waals surface area contributed by atoms with Crippen molar-refractivity contribution in [3.63, 3.8) is 0 Å². The van der Waals surface area contributed by atoms with Gasteiger partial charge in [0.15, 0.2) is 5.78 Å². The van der Waals surface area contributed by atoms with E-state index < -0.39 is 0 Å². The lowest BCUT2D eigenvalue weighted by Gasteiger charge is -2.15. The molecule has 2 rings (SSSR count). The molecular formula is C15H20O2. The third kappa shape index (κ3) is 2.21. The highest BCUT2D eigenvalue weighted by Gasteiger charge is 2.34. The Hall–Kier alpha value is -1.31. The fourth-order valence-corrected chi connectivity index (χ4v) is 2.30. The summed E-state index contributed by atoms with van der Waals surface area (Å²) in [6, 6.07) is 3.91. The molecule has 1 saturated carbocycles. The molecule has 1 aromatic rings. The summed E-state index contributed by atoms with van der Waals surface area (Å²) >= 11 is 0. The highest BCUT2D eigenvalue weighted by molar-refractivity contribution is 6.01. The average Bonchev–Trinajstić information content (AvgIpc) is 3.14. The normalized spacial score (nSPS) is 16.7. The molecule has 92 valence electrons. The number of ketones is 1. The Morgan fingerprint density at radius 2 is 2.00 bits per heavy atom. The van der Waals surface area contributed by atoms with Crippen LogP contribution in [0.15, 0.2) is 12.1 Å². The van der Waals surface area contributed by atoms with Gasteiger partial charge in [0.25, 0.3) is 0 Å². The van der Waals surface area contributed by atoms with Gasteiger partial charge in [-0.25, -0.2) is 0 Å². The van der Waals surface area contributed by atoms with Crippen LogP contribution in [0.4, 0.5) is 0 Å². The monoisotopic (exact) mass is 232 g/mol. The third-order valence-corrected chi connectivity index (χ3v) is 3.89. The molecule has 1 aliphatic carbocycles. The van der Waals surface area contributed by atoms with E-state index in [2.05, 4.69) is 0 Å². The summed E-state index contributed by atoms with van der Waals surface area (Å²) < 4.78 is 5.41. The van der Waals surface area contributed by atoms with Crippen LogP contribution in [0.1, 0.15) is 41.3 Å². The number of Topliss-reactive ketones (excluding diaryl/α,β-unsaturated/α-hetero) is 1. The maximum atomic E-state index is 12.4. The molecule has 2 heteroatoms. The Morgan fingerprint density at radius 1 is 1.35 bits per heavy atom. The Balaban J connectivity index is 2.37. The molecule has 1 unspecified atom stereocenters. The van der Waals surface area contributed by atoms with E-state index in [1.165, 1.54) is 12.8 Å². The summed E-state index contributed by atoms with van der Waals surface area (Å²) in [5, 5.41) is 0. The standard InChI is InChI=1S/C15H20O2/c1-9-5-8-13(15(17-4)10(9)2)14(16)11(3)12-6-7-12/h5,8,11-12H,6-7H2,1-4H3. The number of carbonyl (C=O) groups excluding carboxylic acids is 1. The number of ether oxygens (including phenoxy) is 1. The summed E-state index contributed by atoms with van der Waals surface area (Å²) in [5.74, 6) is 1.70. The zero-order chi connectivity index (χ0) is 12.6. The number of hydrogen-bond acceptors (Lipinski definition) is 2. The van der Waals surface area contributed by atoms with Gasteiger partial charge < -0.3 is 4.74 Å². The topological polar surface area (TPSA) is 26.3 Å². The van der Waals surface area contributed by atoms with Crippen molar-refractivity contribution in [2.45, 2.75) is 33.6 Å². The van der Waals surface area contributed by atoms with Crippen molar-refractivity contribution in [3.05, 3.63) is 28.8 Å². The van der Waals surface area contributed by atoms with Gasteiger partial charge in [0.2, 0.25) is 0 Å². The lowest BCUT2D eigenvalue weighted by atomic mass is 9.92. The van der Waals surface area contributed by atoms with Crippen LogP contribution in [0, 0.1) is 25.7 Å². The van der Waals surface area contributed by atoms with Crippen molar-refractivity contribution in [1.29, 1.82) is 0 Å². The number of hydrogen-bond donors (Lipinski definition) is 0. The largest absolute Gasteiger partial charge is 0.496 e. The Bertz CT molecular complexity index is 444. The molecule has 1 fully saturated rings. The smallest absolute Gasteiger partial charge is 0.169 e. The number of aryl methyl sites for hydroxylation is 1. The van der Waals surface area contributed by atoms with Gasteiger partial charge >= 0.3 is 0 Å². The van der Waals surface area contributed by atoms with Crippen LogP contribution in [-0.4, -0.2) is 12.9 Å². The lowest BCUT2D eigenvalue weighted by molar-refractivity contribution is 0.0913. The van der Waals surface area contributed by atoms with E-state index >= 15 is 0 Å². The van der Waals surface area contributed by atoms with E-state index in [0.717, 1.165) is 22.4 Å². The van der Waals surface area contributed by atoms with E-state index in [4.69, 9.17) is 4.74 Å². The van der Waals surface area contributed by atoms with Gasteiger partial charge in [-0.2, -0.15) is 0 Å². The number of methoxy groups -OCH3 is 1. The first-order valence-electron chi connectivity index (χ1n) is 6.24. The first-order valence-corrected chi connectivity index (χ1v) is 6.24. The molecule has 0 bridgehead atoms. The van der Waals surface area contributed by atoms with Gasteiger partial charge in [-0.15, -0.1) is 0 Å². The van der Waals surface area contributed by atoms with Crippen molar-refractivity contribution in [2.75, 3.05) is 7.11 Å². The SMILES string of the molecule is COc1c(C(=O)C(C)C2CC2)ccc(C)c1C. The first-order chi connectivity index (χ1) is 8.06. The summed E-state index contributed by atoms with van der Waals surface area (Å²) in [4.78, 5) is 12.4. The minimum Gasteiger partial charge on any atom is -0.496 e. The van der Waals surface area contributed by atoms with E-state index in [9.17, 15) is 4.79 Å². The van der Waals surface area contributed by atoms with Crippen molar-refractivity contribution in [3.8, 4) is 5.75 Å². The summed E-state index contributed by atoms with van der Waals surface area (Å²) in [5.41, 5.74) is 2.98. The average molecular weight is 232 g/mol. The van der Waals surface area contributed by atoms with Crippen LogP contribution in [0.3, 0.4) is 0 Å². The quantitative estimate of drug-likeness (QED) is 0.742. The molecule has 0 N–H and O–H groups in total. The van der Waals surface area contributed by atoms with Crippen LogP contribution in [-0.2, 0) is 0 Å². The Kier molecular flexibility index (Phi) is 3.23. The van der Waals surface area contributed by atoms with Gasteiger partial charge in [-0.1, -0.05) is 13.0 Å². The predicted molar refractivity (Wildman–Crippen MR) is 68.7 cm³/mol. The molecule has 0 spiro atoms. The lowest BCUT2D eigenvalue weighted by Crippen LogP contribution is -2.15. The van der Waals surface area contributed by atoms with Gasteiger partial charge in [-0.05, 0) is 49.8 Å². The highest BCUT2D eigenvalue weighted by Crippen LogP contribution is 2.39. The van der Waals surface area contributed by atoms with Gasteiger partial charge in [-0.3, -0.25) is 4.79 Å². The fourth-order valence-electron chi connectivity index (χ4n) is 2.30. The number of rotatable bonds is 4. The molecule has 0 heterocycles. The molecule has 0 radical (unpaired) electrons. The molecule has 1 aromatic carbocycles. The molecule has 17 heavy (non-hydrogen) atoms. The Morgan fingerprint density at radius 3 is 2.53 bits per heavy atom. The first kappa shape index (κ1) is 12.2. The van der Waals surface area contributed by atoms with Crippen LogP contribution >= 0.6 is 0 Å². The molecular weight excluding hydrogens is 212 g/mol. The van der Waals surface area contributed by atoms with Crippen molar-refractivity contribution < 1.29 is 9.53 Å². The molecule has 0 amide bonds. The zero-order valence-electron chi connectivity index (χ0n) is 11.0. The maximum absolute atomic E-state index is 12.4. The van der Waals surface area contributed by atoms with E-state index in [-0.39, 0.29) is 11.7 Å². The highest BCUT2D eigenvalue weighted by atomic mass is 16.5. The predicted octanol–water partition coefficient (Wildman–Crippen LogP) is 3.54. The third-order valence-electron chi connectivity index (χ3n) is 3.89. The van der Waals surface area contributed by atoms with E-state index in [0.29, 0.717) is 5.92 Å². The summed E-state index contributed by atoms with van der Waals surface area (Å²) in [7, 11) is 1.64. The molecule has 0 aromatic heterocycles. The minimum atomic E-state index is 0.131. The second kappa shape index (κ2) is 4.52. The number of carbonyl (C=O) groups is 1. The van der Waals surface area contributed by atoms with Crippen molar-refractivity contribution in [1.82, 2.24) is 0 Å². The van der Waals surface area contributed by atoms with Crippen molar-refractivity contribution in [2.24, 2.45) is 11.8 Å². The molecule has 1 aliphatic rings. The minimum absolute atomic E-state index is 0.131. The molecule has 0 saturated heterocycles. The van der Waals surface area contributed by atoms with Gasteiger partial charge in [0.1, 0.15) is 5.75 Å². The van der Waals surface area contributed by atoms with Crippen LogP contribution in [0.5, 0.6) is 5.75 Å². The zero-order valence-corrected chi connectivity index (χ0v) is 11.0. The van der Waals surface area contributed by atoms with Gasteiger partial charge in [0, 0.05) is 5.92 Å². The molecule has 1 atom stereocenters. The second-order valence-corrected chi connectivity index (χ2v) is 5.08. The van der Waals surface area contributed by atoms with E-state index in [1.807, 2.05) is 32.9 Å². The van der Waals surface area contributed by atoms with Crippen LogP contribution in [0.2, 0.25) is 0 Å². The van der Waals surface area contributed by atoms with Crippen molar-refractivity contribution >= 4 is 5.78 Å². The van der Waals surface area contributed by atoms with E-state index in [1.54, 1.807) is 7.11 Å². The molecule has 0 aliphatic heterocycles. The Labute approximate surface area is 103 Å².